The molecule has 2 aromatic rings. The molecule has 3 amide bonds. The van der Waals surface area contributed by atoms with Gasteiger partial charge in [-0.1, -0.05) is 6.07 Å². The van der Waals surface area contributed by atoms with E-state index in [0.29, 0.717) is 18.9 Å². The molecule has 1 aliphatic heterocycles. The maximum atomic E-state index is 12.3. The number of nitrogens with two attached hydrogens (primary N) is 1. The van der Waals surface area contributed by atoms with Crippen LogP contribution in [-0.2, 0) is 6.54 Å². The summed E-state index contributed by atoms with van der Waals surface area (Å²) in [5, 5.41) is 6.94. The van der Waals surface area contributed by atoms with E-state index in [4.69, 9.17) is 5.73 Å². The number of primary amides is 1. The number of hydrogen-bond donors (Lipinski definition) is 2. The van der Waals surface area contributed by atoms with Gasteiger partial charge >= 0.3 is 6.03 Å². The van der Waals surface area contributed by atoms with E-state index in [-0.39, 0.29) is 11.7 Å². The molecule has 3 N–H and O–H groups in total. The monoisotopic (exact) mass is 345 g/mol. The van der Waals surface area contributed by atoms with Crippen LogP contribution in [0.5, 0.6) is 0 Å². The SMILES string of the molecule is NC(=O)c1cccc(NC(=O)N2CCN(Cc3ccsc3)CC2)n1. The van der Waals surface area contributed by atoms with Crippen LogP contribution in [0, 0.1) is 0 Å². The molecule has 0 aromatic carbocycles. The van der Waals surface area contributed by atoms with Gasteiger partial charge in [-0.15, -0.1) is 0 Å². The van der Waals surface area contributed by atoms with Crippen molar-refractivity contribution in [3.8, 4) is 0 Å². The molecule has 1 saturated heterocycles. The van der Waals surface area contributed by atoms with Gasteiger partial charge in [0.2, 0.25) is 0 Å². The largest absolute Gasteiger partial charge is 0.364 e. The summed E-state index contributed by atoms with van der Waals surface area (Å²) in [5.41, 5.74) is 6.64. The third-order valence-electron chi connectivity index (χ3n) is 3.88. The van der Waals surface area contributed by atoms with Crippen molar-refractivity contribution in [3.05, 3.63) is 46.3 Å². The molecule has 3 heterocycles. The predicted octanol–water partition coefficient (Wildman–Crippen LogP) is 1.59. The molecular weight excluding hydrogens is 326 g/mol. The van der Waals surface area contributed by atoms with Crippen LogP contribution in [-0.4, -0.2) is 52.9 Å². The average molecular weight is 345 g/mol. The van der Waals surface area contributed by atoms with Gasteiger partial charge in [0.25, 0.3) is 5.91 Å². The van der Waals surface area contributed by atoms with Crippen LogP contribution >= 0.6 is 11.3 Å². The fourth-order valence-electron chi connectivity index (χ4n) is 2.58. The molecule has 0 atom stereocenters. The number of rotatable bonds is 4. The summed E-state index contributed by atoms with van der Waals surface area (Å²) in [6.07, 6.45) is 0. The van der Waals surface area contributed by atoms with Crippen LogP contribution in [0.3, 0.4) is 0 Å². The standard InChI is InChI=1S/C16H19N5O2S/c17-15(22)13-2-1-3-14(18-13)19-16(23)21-7-5-20(6-8-21)10-12-4-9-24-11-12/h1-4,9,11H,5-8,10H2,(H2,17,22)(H,18,19,23). The van der Waals surface area contributed by atoms with Gasteiger partial charge < -0.3 is 10.6 Å². The quantitative estimate of drug-likeness (QED) is 0.880. The molecule has 0 radical (unpaired) electrons. The van der Waals surface area contributed by atoms with Gasteiger partial charge in [-0.25, -0.2) is 9.78 Å². The Morgan fingerprint density at radius 2 is 2.00 bits per heavy atom. The molecule has 0 spiro atoms. The lowest BCUT2D eigenvalue weighted by molar-refractivity contribution is 0.0995. The highest BCUT2D eigenvalue weighted by molar-refractivity contribution is 7.07. The van der Waals surface area contributed by atoms with Crippen molar-refractivity contribution in [2.75, 3.05) is 31.5 Å². The highest BCUT2D eigenvalue weighted by Gasteiger charge is 2.21. The number of anilines is 1. The summed E-state index contributed by atoms with van der Waals surface area (Å²) in [6, 6.07) is 6.71. The predicted molar refractivity (Wildman–Crippen MR) is 92.9 cm³/mol. The highest BCUT2D eigenvalue weighted by Crippen LogP contribution is 2.12. The number of hydrogen-bond acceptors (Lipinski definition) is 5. The molecule has 0 aliphatic carbocycles. The number of nitrogens with zero attached hydrogens (tertiary/aromatic N) is 3. The van der Waals surface area contributed by atoms with Crippen LogP contribution < -0.4 is 11.1 Å². The lowest BCUT2D eigenvalue weighted by atomic mass is 10.2. The van der Waals surface area contributed by atoms with Gasteiger partial charge in [-0.05, 0) is 34.5 Å². The summed E-state index contributed by atoms with van der Waals surface area (Å²) in [5.74, 6) is -0.287. The lowest BCUT2D eigenvalue weighted by Gasteiger charge is -2.34. The molecule has 2 aromatic heterocycles. The van der Waals surface area contributed by atoms with E-state index < -0.39 is 5.91 Å². The number of pyridine rings is 1. The van der Waals surface area contributed by atoms with Crippen molar-refractivity contribution >= 4 is 29.1 Å². The van der Waals surface area contributed by atoms with Crippen LogP contribution in [0.1, 0.15) is 16.1 Å². The molecule has 0 bridgehead atoms. The Labute approximate surface area is 144 Å². The molecule has 0 saturated carbocycles. The normalized spacial score (nSPS) is 15.2. The van der Waals surface area contributed by atoms with E-state index in [9.17, 15) is 9.59 Å². The highest BCUT2D eigenvalue weighted by atomic mass is 32.1. The number of carbonyl (C=O) groups is 2. The first-order valence-electron chi connectivity index (χ1n) is 7.68. The van der Waals surface area contributed by atoms with Gasteiger partial charge in [0.1, 0.15) is 11.5 Å². The van der Waals surface area contributed by atoms with Gasteiger partial charge in [0.15, 0.2) is 0 Å². The van der Waals surface area contributed by atoms with Crippen LogP contribution in [0.4, 0.5) is 10.6 Å². The van der Waals surface area contributed by atoms with E-state index in [1.165, 1.54) is 11.6 Å². The number of piperazine rings is 1. The number of aromatic nitrogens is 1. The first kappa shape index (κ1) is 16.4. The van der Waals surface area contributed by atoms with Crippen molar-refractivity contribution < 1.29 is 9.59 Å². The summed E-state index contributed by atoms with van der Waals surface area (Å²) >= 11 is 1.70. The number of carbonyl (C=O) groups excluding carboxylic acids is 2. The zero-order chi connectivity index (χ0) is 16.9. The van der Waals surface area contributed by atoms with Gasteiger partial charge in [-0.3, -0.25) is 15.0 Å². The van der Waals surface area contributed by atoms with Crippen LogP contribution in [0.25, 0.3) is 0 Å². The second-order valence-corrected chi connectivity index (χ2v) is 6.38. The second kappa shape index (κ2) is 7.41. The topological polar surface area (TPSA) is 91.6 Å². The number of amides is 3. The molecule has 3 rings (SSSR count). The van der Waals surface area contributed by atoms with Crippen molar-refractivity contribution in [2.45, 2.75) is 6.54 Å². The fraction of sp³-hybridized carbons (Fsp3) is 0.312. The smallest absolute Gasteiger partial charge is 0.323 e. The van der Waals surface area contributed by atoms with Gasteiger partial charge in [0.05, 0.1) is 0 Å². The zero-order valence-corrected chi connectivity index (χ0v) is 14.0. The Balaban J connectivity index is 1.52. The fourth-order valence-corrected chi connectivity index (χ4v) is 3.24. The number of thiophene rings is 1. The minimum absolute atomic E-state index is 0.133. The van der Waals surface area contributed by atoms with Gasteiger partial charge in [-0.2, -0.15) is 11.3 Å². The Kier molecular flexibility index (Phi) is 5.07. The van der Waals surface area contributed by atoms with E-state index in [2.05, 4.69) is 32.0 Å². The maximum absolute atomic E-state index is 12.3. The lowest BCUT2D eigenvalue weighted by Crippen LogP contribution is -2.49. The summed E-state index contributed by atoms with van der Waals surface area (Å²) in [6.45, 7) is 3.90. The summed E-state index contributed by atoms with van der Waals surface area (Å²) in [4.78, 5) is 31.6. The van der Waals surface area contributed by atoms with Crippen molar-refractivity contribution in [1.82, 2.24) is 14.8 Å². The molecule has 7 nitrogen and oxygen atoms in total. The van der Waals surface area contributed by atoms with Crippen LogP contribution in [0.2, 0.25) is 0 Å². The molecule has 8 heteroatoms. The van der Waals surface area contributed by atoms with Crippen molar-refractivity contribution in [1.29, 1.82) is 0 Å². The van der Waals surface area contributed by atoms with E-state index >= 15 is 0 Å². The van der Waals surface area contributed by atoms with E-state index in [0.717, 1.165) is 19.6 Å². The van der Waals surface area contributed by atoms with Gasteiger partial charge in [0, 0.05) is 32.7 Å². The average Bonchev–Trinajstić information content (AvgIpc) is 3.08. The van der Waals surface area contributed by atoms with E-state index in [1.54, 1.807) is 28.4 Å². The Hall–Kier alpha value is -2.45. The molecule has 24 heavy (non-hydrogen) atoms. The number of urea groups is 1. The molecule has 1 fully saturated rings. The Morgan fingerprint density at radius 3 is 2.67 bits per heavy atom. The van der Waals surface area contributed by atoms with Crippen molar-refractivity contribution in [2.24, 2.45) is 5.73 Å². The molecule has 0 unspecified atom stereocenters. The molecule has 126 valence electrons. The first-order valence-corrected chi connectivity index (χ1v) is 8.62. The zero-order valence-electron chi connectivity index (χ0n) is 13.1. The third-order valence-corrected chi connectivity index (χ3v) is 4.61. The Bertz CT molecular complexity index is 711. The Morgan fingerprint density at radius 1 is 1.21 bits per heavy atom. The third kappa shape index (κ3) is 4.09. The number of nitrogens with one attached hydrogen (secondary N) is 1. The van der Waals surface area contributed by atoms with E-state index in [1.807, 2.05) is 0 Å². The van der Waals surface area contributed by atoms with Crippen molar-refractivity contribution in [3.63, 3.8) is 0 Å². The first-order chi connectivity index (χ1) is 11.6. The second-order valence-electron chi connectivity index (χ2n) is 5.60. The minimum Gasteiger partial charge on any atom is -0.364 e. The minimum atomic E-state index is -0.617. The molecule has 1 aliphatic rings. The maximum Gasteiger partial charge on any atom is 0.323 e. The summed E-state index contributed by atoms with van der Waals surface area (Å²) < 4.78 is 0. The molecular formula is C16H19N5O2S. The van der Waals surface area contributed by atoms with Crippen LogP contribution in [0.15, 0.2) is 35.0 Å². The summed E-state index contributed by atoms with van der Waals surface area (Å²) in [7, 11) is 0.